The second-order valence-corrected chi connectivity index (χ2v) is 8.99. The lowest BCUT2D eigenvalue weighted by atomic mass is 10.1. The molecular formula is C13H17N3O2S2. The van der Waals surface area contributed by atoms with Gasteiger partial charge in [-0.15, -0.1) is 11.7 Å². The van der Waals surface area contributed by atoms with Crippen molar-refractivity contribution in [3.63, 3.8) is 0 Å². The predicted molar refractivity (Wildman–Crippen MR) is 86.7 cm³/mol. The van der Waals surface area contributed by atoms with Crippen LogP contribution in [-0.2, 0) is 16.0 Å². The van der Waals surface area contributed by atoms with E-state index < -0.39 is 8.96 Å². The molecule has 0 unspecified atom stereocenters. The van der Waals surface area contributed by atoms with Crippen LogP contribution < -0.4 is 11.3 Å². The van der Waals surface area contributed by atoms with Crippen molar-refractivity contribution in [1.82, 2.24) is 9.55 Å². The van der Waals surface area contributed by atoms with Crippen molar-refractivity contribution in [3.05, 3.63) is 40.8 Å². The summed E-state index contributed by atoms with van der Waals surface area (Å²) in [6.07, 6.45) is 1.60. The van der Waals surface area contributed by atoms with Crippen LogP contribution in [0.2, 0.25) is 0 Å². The summed E-state index contributed by atoms with van der Waals surface area (Å²) in [5.74, 6) is 0.419. The molecule has 2 aromatic rings. The summed E-state index contributed by atoms with van der Waals surface area (Å²) in [7, 11) is -1.03. The summed E-state index contributed by atoms with van der Waals surface area (Å²) in [5, 5.41) is 0. The lowest BCUT2D eigenvalue weighted by molar-refractivity contribution is 0.681. The second-order valence-electron chi connectivity index (χ2n) is 4.50. The molecule has 1 heterocycles. The van der Waals surface area contributed by atoms with E-state index in [-0.39, 0.29) is 11.4 Å². The molecule has 20 heavy (non-hydrogen) atoms. The van der Waals surface area contributed by atoms with Gasteiger partial charge in [0.1, 0.15) is 0 Å². The number of benzene rings is 1. The smallest absolute Gasteiger partial charge is 0.292 e. The average Bonchev–Trinajstić information content (AvgIpc) is 2.44. The zero-order valence-corrected chi connectivity index (χ0v) is 13.1. The Labute approximate surface area is 123 Å². The Morgan fingerprint density at radius 3 is 2.75 bits per heavy atom. The van der Waals surface area contributed by atoms with Crippen LogP contribution in [0.3, 0.4) is 0 Å². The van der Waals surface area contributed by atoms with Gasteiger partial charge in [0.05, 0.1) is 5.69 Å². The van der Waals surface area contributed by atoms with E-state index in [1.165, 1.54) is 4.57 Å². The van der Waals surface area contributed by atoms with Crippen molar-refractivity contribution < 1.29 is 4.21 Å². The van der Waals surface area contributed by atoms with Gasteiger partial charge >= 0.3 is 0 Å². The first-order valence-electron chi connectivity index (χ1n) is 6.11. The van der Waals surface area contributed by atoms with E-state index in [2.05, 4.69) is 16.6 Å². The number of thiol groups is 2. The maximum Gasteiger partial charge on any atom is 0.292 e. The third kappa shape index (κ3) is 2.78. The number of nitrogens with two attached hydrogens (primary N) is 1. The summed E-state index contributed by atoms with van der Waals surface area (Å²) in [4.78, 5) is 16.3. The molecule has 108 valence electrons. The Hall–Kier alpha value is -1.60. The zero-order valence-electron chi connectivity index (χ0n) is 11.3. The third-order valence-corrected chi connectivity index (χ3v) is 6.55. The molecular weight excluding hydrogens is 294 g/mol. The normalized spacial score (nSPS) is 12.3. The number of anilines is 1. The van der Waals surface area contributed by atoms with Gasteiger partial charge in [-0.2, -0.15) is 0 Å². The molecule has 0 radical (unpaired) electrons. The summed E-state index contributed by atoms with van der Waals surface area (Å²) in [6, 6.07) is 7.20. The number of hydrogen-bond donors (Lipinski definition) is 3. The third-order valence-electron chi connectivity index (χ3n) is 3.07. The molecule has 0 saturated carbocycles. The van der Waals surface area contributed by atoms with E-state index in [0.29, 0.717) is 16.3 Å². The SMILES string of the molecule is CC[SH](=O)(S)c1cccc(-c2cn(C)c(=O)c(N)n2)c1. The highest BCUT2D eigenvalue weighted by Crippen LogP contribution is 2.27. The quantitative estimate of drug-likeness (QED) is 0.589. The zero-order chi connectivity index (χ0) is 14.9. The highest BCUT2D eigenvalue weighted by Gasteiger charge is 2.12. The lowest BCUT2D eigenvalue weighted by Crippen LogP contribution is -2.21. The van der Waals surface area contributed by atoms with Gasteiger partial charge in [-0.1, -0.05) is 19.1 Å². The molecule has 0 atom stereocenters. The van der Waals surface area contributed by atoms with Crippen LogP contribution in [0.15, 0.2) is 40.2 Å². The van der Waals surface area contributed by atoms with Gasteiger partial charge < -0.3 is 10.3 Å². The standard InChI is InChI=1S/C13H17N3O2S2/c1-3-20(18,19)10-6-4-5-9(7-10)11-8-16(2)13(17)12(14)15-11/h4-8,20H,3H2,1-2H3,(H2,14,15)(H,18,19). The molecule has 0 aliphatic carbocycles. The fourth-order valence-corrected chi connectivity index (χ4v) is 3.23. The number of nitrogens with zero attached hydrogens (tertiary/aromatic N) is 2. The topological polar surface area (TPSA) is 78.0 Å². The van der Waals surface area contributed by atoms with E-state index in [1.54, 1.807) is 31.4 Å². The number of nitrogen functional groups attached to an aromatic ring is 1. The Morgan fingerprint density at radius 2 is 2.15 bits per heavy atom. The Balaban J connectivity index is 2.57. The van der Waals surface area contributed by atoms with E-state index in [9.17, 15) is 9.00 Å². The van der Waals surface area contributed by atoms with Gasteiger partial charge in [0.25, 0.3) is 5.56 Å². The predicted octanol–water partition coefficient (Wildman–Crippen LogP) is 1.27. The van der Waals surface area contributed by atoms with Crippen LogP contribution in [0, 0.1) is 0 Å². The summed E-state index contributed by atoms with van der Waals surface area (Å²) < 4.78 is 13.7. The first-order chi connectivity index (χ1) is 9.35. The molecule has 1 aromatic heterocycles. The number of aryl methyl sites for hydroxylation is 1. The van der Waals surface area contributed by atoms with Gasteiger partial charge in [0.2, 0.25) is 0 Å². The van der Waals surface area contributed by atoms with Gasteiger partial charge in [0, 0.05) is 29.5 Å². The van der Waals surface area contributed by atoms with Crippen LogP contribution in [-0.4, -0.2) is 19.5 Å². The first-order valence-corrected chi connectivity index (χ1v) is 9.15. The monoisotopic (exact) mass is 311 g/mol. The van der Waals surface area contributed by atoms with Gasteiger partial charge in [-0.25, -0.2) is 4.98 Å². The van der Waals surface area contributed by atoms with Gasteiger partial charge in [-0.3, -0.25) is 9.00 Å². The van der Waals surface area contributed by atoms with Crippen molar-refractivity contribution >= 4 is 26.4 Å². The molecule has 1 aromatic carbocycles. The first kappa shape index (κ1) is 14.8. The summed E-state index contributed by atoms with van der Waals surface area (Å²) in [6.45, 7) is 1.84. The van der Waals surface area contributed by atoms with E-state index in [1.807, 2.05) is 13.0 Å². The Morgan fingerprint density at radius 1 is 1.45 bits per heavy atom. The van der Waals surface area contributed by atoms with Crippen LogP contribution in [0.25, 0.3) is 11.3 Å². The lowest BCUT2D eigenvalue weighted by Gasteiger charge is -2.16. The molecule has 5 nitrogen and oxygen atoms in total. The molecule has 0 bridgehead atoms. The Bertz CT molecular complexity index is 729. The number of hydrogen-bond acceptors (Lipinski definition) is 4. The van der Waals surface area contributed by atoms with Crippen LogP contribution in [0.1, 0.15) is 6.92 Å². The van der Waals surface area contributed by atoms with Crippen molar-refractivity contribution in [1.29, 1.82) is 0 Å². The van der Waals surface area contributed by atoms with Gasteiger partial charge in [-0.05, 0) is 21.1 Å². The van der Waals surface area contributed by atoms with Crippen molar-refractivity contribution in [2.24, 2.45) is 7.05 Å². The van der Waals surface area contributed by atoms with Crippen molar-refractivity contribution in [2.75, 3.05) is 11.5 Å². The molecule has 0 aliphatic heterocycles. The fourth-order valence-electron chi connectivity index (χ4n) is 1.83. The van der Waals surface area contributed by atoms with E-state index in [4.69, 9.17) is 5.73 Å². The number of rotatable bonds is 3. The maximum atomic E-state index is 12.3. The highest BCUT2D eigenvalue weighted by atomic mass is 33.1. The van der Waals surface area contributed by atoms with E-state index >= 15 is 0 Å². The van der Waals surface area contributed by atoms with Crippen molar-refractivity contribution in [2.45, 2.75) is 11.8 Å². The Kier molecular flexibility index (Phi) is 4.01. The molecule has 0 spiro atoms. The summed E-state index contributed by atoms with van der Waals surface area (Å²) in [5.41, 5.74) is 6.58. The molecule has 7 heteroatoms. The molecule has 0 fully saturated rings. The van der Waals surface area contributed by atoms with E-state index in [0.717, 1.165) is 5.56 Å². The molecule has 0 aliphatic rings. The highest BCUT2D eigenvalue weighted by molar-refractivity contribution is 8.69. The maximum absolute atomic E-state index is 12.3. The molecule has 2 rings (SSSR count). The van der Waals surface area contributed by atoms with Crippen LogP contribution >= 0.6 is 11.7 Å². The molecule has 0 amide bonds. The van der Waals surface area contributed by atoms with Crippen LogP contribution in [0.4, 0.5) is 5.82 Å². The van der Waals surface area contributed by atoms with Gasteiger partial charge in [0.15, 0.2) is 5.82 Å². The number of aromatic nitrogens is 2. The average molecular weight is 311 g/mol. The summed E-state index contributed by atoms with van der Waals surface area (Å²) >= 11 is 4.25. The minimum Gasteiger partial charge on any atom is -0.379 e. The fraction of sp³-hybridized carbons (Fsp3) is 0.231. The van der Waals surface area contributed by atoms with Crippen molar-refractivity contribution in [3.8, 4) is 11.3 Å². The van der Waals surface area contributed by atoms with Crippen LogP contribution in [0.5, 0.6) is 0 Å². The molecule has 0 saturated heterocycles. The largest absolute Gasteiger partial charge is 0.379 e. The second kappa shape index (κ2) is 5.41. The minimum absolute atomic E-state index is 0.0556. The molecule has 2 N–H and O–H groups in total. The minimum atomic E-state index is -2.64.